The molecule has 1 aromatic heterocycles. The number of rotatable bonds is 5. The van der Waals surface area contributed by atoms with Gasteiger partial charge >= 0.3 is 0 Å². The van der Waals surface area contributed by atoms with Crippen LogP contribution < -0.4 is 11.1 Å². The summed E-state index contributed by atoms with van der Waals surface area (Å²) in [5.41, 5.74) is 5.40. The second-order valence-corrected chi connectivity index (χ2v) is 4.22. The van der Waals surface area contributed by atoms with Crippen LogP contribution >= 0.6 is 0 Å². The predicted octanol–water partition coefficient (Wildman–Crippen LogP) is -0.627. The molecular formula is C10H16N4O2. The largest absolute Gasteiger partial charge is 0.348 e. The van der Waals surface area contributed by atoms with Crippen molar-refractivity contribution in [3.63, 3.8) is 0 Å². The van der Waals surface area contributed by atoms with Crippen molar-refractivity contribution in [1.29, 1.82) is 0 Å². The zero-order valence-electron chi connectivity index (χ0n) is 9.36. The number of aromatic amines is 1. The lowest BCUT2D eigenvalue weighted by Crippen LogP contribution is -2.53. The lowest BCUT2D eigenvalue weighted by molar-refractivity contribution is -0.127. The van der Waals surface area contributed by atoms with Gasteiger partial charge in [-0.25, -0.2) is 4.98 Å². The lowest BCUT2D eigenvalue weighted by Gasteiger charge is -2.20. The number of aromatic nitrogens is 2. The first kappa shape index (κ1) is 12.4. The molecule has 0 aromatic carbocycles. The van der Waals surface area contributed by atoms with E-state index < -0.39 is 11.6 Å². The van der Waals surface area contributed by atoms with Crippen LogP contribution in [0.15, 0.2) is 12.5 Å². The van der Waals surface area contributed by atoms with Crippen molar-refractivity contribution in [2.45, 2.75) is 31.8 Å². The smallest absolute Gasteiger partial charge is 0.240 e. The molecule has 0 aliphatic rings. The van der Waals surface area contributed by atoms with Gasteiger partial charge in [0.2, 0.25) is 5.91 Å². The van der Waals surface area contributed by atoms with Crippen molar-refractivity contribution in [2.75, 3.05) is 0 Å². The Kier molecular flexibility index (Phi) is 3.78. The van der Waals surface area contributed by atoms with E-state index in [4.69, 9.17) is 5.73 Å². The minimum absolute atomic E-state index is 0.357. The van der Waals surface area contributed by atoms with Crippen LogP contribution in [0.2, 0.25) is 0 Å². The predicted molar refractivity (Wildman–Crippen MR) is 58.6 cm³/mol. The highest BCUT2D eigenvalue weighted by Crippen LogP contribution is 2.00. The highest BCUT2D eigenvalue weighted by molar-refractivity contribution is 5.87. The minimum atomic E-state index is -0.991. The van der Waals surface area contributed by atoms with E-state index in [2.05, 4.69) is 15.3 Å². The van der Waals surface area contributed by atoms with Gasteiger partial charge in [0.05, 0.1) is 17.9 Å². The van der Waals surface area contributed by atoms with Crippen LogP contribution in [0.5, 0.6) is 0 Å². The summed E-state index contributed by atoms with van der Waals surface area (Å²) >= 11 is 0. The van der Waals surface area contributed by atoms with Crippen LogP contribution in [0.25, 0.3) is 0 Å². The van der Waals surface area contributed by atoms with E-state index in [9.17, 15) is 9.59 Å². The monoisotopic (exact) mass is 224 g/mol. The molecule has 0 fully saturated rings. The van der Waals surface area contributed by atoms with Crippen LogP contribution in [0.4, 0.5) is 0 Å². The third-order valence-corrected chi connectivity index (χ3v) is 2.06. The first-order chi connectivity index (χ1) is 7.43. The van der Waals surface area contributed by atoms with E-state index in [1.165, 1.54) is 6.33 Å². The lowest BCUT2D eigenvalue weighted by atomic mass is 10.1. The van der Waals surface area contributed by atoms with E-state index in [0.717, 1.165) is 5.69 Å². The molecule has 1 amide bonds. The Hall–Kier alpha value is -1.69. The van der Waals surface area contributed by atoms with Crippen LogP contribution in [0.3, 0.4) is 0 Å². The van der Waals surface area contributed by atoms with Gasteiger partial charge in [-0.15, -0.1) is 0 Å². The van der Waals surface area contributed by atoms with Crippen molar-refractivity contribution < 1.29 is 9.59 Å². The van der Waals surface area contributed by atoms with Crippen LogP contribution in [-0.4, -0.2) is 33.7 Å². The first-order valence-electron chi connectivity index (χ1n) is 4.96. The Morgan fingerprint density at radius 2 is 2.44 bits per heavy atom. The molecule has 88 valence electrons. The van der Waals surface area contributed by atoms with Crippen molar-refractivity contribution >= 4 is 12.2 Å². The van der Waals surface area contributed by atoms with Gasteiger partial charge in [-0.2, -0.15) is 0 Å². The molecule has 0 unspecified atom stereocenters. The Bertz CT molecular complexity index is 353. The maximum absolute atomic E-state index is 11.5. The number of hydrogen-bond donors (Lipinski definition) is 3. The summed E-state index contributed by atoms with van der Waals surface area (Å²) in [6.45, 7) is 3.17. The molecule has 1 atom stereocenters. The summed E-state index contributed by atoms with van der Waals surface area (Å²) in [7, 11) is 0. The summed E-state index contributed by atoms with van der Waals surface area (Å²) in [6, 6.07) is -0.587. The maximum Gasteiger partial charge on any atom is 0.240 e. The van der Waals surface area contributed by atoms with Gasteiger partial charge in [0.15, 0.2) is 0 Å². The van der Waals surface area contributed by atoms with Crippen LogP contribution in [0, 0.1) is 0 Å². The average molecular weight is 224 g/mol. The minimum Gasteiger partial charge on any atom is -0.348 e. The maximum atomic E-state index is 11.5. The molecule has 4 N–H and O–H groups in total. The van der Waals surface area contributed by atoms with Gasteiger partial charge in [-0.05, 0) is 13.8 Å². The standard InChI is InChI=1S/C10H16N4O2/c1-10(2,11)9(16)14-8(5-15)3-7-4-12-6-13-7/h4-6,8H,3,11H2,1-2H3,(H,12,13)(H,14,16)/t8-/m0/s1. The van der Waals surface area contributed by atoms with Crippen LogP contribution in [0.1, 0.15) is 19.5 Å². The van der Waals surface area contributed by atoms with E-state index in [-0.39, 0.29) is 5.91 Å². The molecule has 0 bridgehead atoms. The van der Waals surface area contributed by atoms with Gasteiger partial charge in [0.1, 0.15) is 6.29 Å². The highest BCUT2D eigenvalue weighted by Gasteiger charge is 2.24. The first-order valence-corrected chi connectivity index (χ1v) is 4.96. The second kappa shape index (κ2) is 4.89. The Labute approximate surface area is 93.6 Å². The second-order valence-electron chi connectivity index (χ2n) is 4.22. The summed E-state index contributed by atoms with van der Waals surface area (Å²) in [6.07, 6.45) is 4.19. The summed E-state index contributed by atoms with van der Waals surface area (Å²) in [4.78, 5) is 29.0. The number of imidazole rings is 1. The van der Waals surface area contributed by atoms with Crippen LogP contribution in [-0.2, 0) is 16.0 Å². The van der Waals surface area contributed by atoms with E-state index in [1.54, 1.807) is 20.0 Å². The van der Waals surface area contributed by atoms with Gasteiger partial charge in [0, 0.05) is 18.3 Å². The fraction of sp³-hybridized carbons (Fsp3) is 0.500. The van der Waals surface area contributed by atoms with Gasteiger partial charge in [-0.1, -0.05) is 0 Å². The van der Waals surface area contributed by atoms with E-state index in [0.29, 0.717) is 12.7 Å². The number of nitrogens with two attached hydrogens (primary N) is 1. The molecule has 0 radical (unpaired) electrons. The Morgan fingerprint density at radius 1 is 1.75 bits per heavy atom. The number of nitrogens with one attached hydrogen (secondary N) is 2. The molecule has 1 heterocycles. The van der Waals surface area contributed by atoms with Crippen molar-refractivity contribution in [3.05, 3.63) is 18.2 Å². The van der Waals surface area contributed by atoms with E-state index >= 15 is 0 Å². The summed E-state index contributed by atoms with van der Waals surface area (Å²) in [5, 5.41) is 2.57. The molecule has 1 aromatic rings. The number of hydrogen-bond acceptors (Lipinski definition) is 4. The molecule has 16 heavy (non-hydrogen) atoms. The molecular weight excluding hydrogens is 208 g/mol. The Balaban J connectivity index is 2.56. The van der Waals surface area contributed by atoms with Gasteiger partial charge in [0.25, 0.3) is 0 Å². The van der Waals surface area contributed by atoms with Gasteiger partial charge < -0.3 is 20.8 Å². The molecule has 0 aliphatic heterocycles. The molecule has 6 nitrogen and oxygen atoms in total. The topological polar surface area (TPSA) is 101 Å². The molecule has 1 rings (SSSR count). The molecule has 0 saturated heterocycles. The molecule has 0 spiro atoms. The normalized spacial score (nSPS) is 13.2. The van der Waals surface area contributed by atoms with Crippen molar-refractivity contribution in [3.8, 4) is 0 Å². The number of carbonyl (C=O) groups is 2. The molecule has 0 saturated carbocycles. The van der Waals surface area contributed by atoms with E-state index in [1.807, 2.05) is 0 Å². The number of nitrogens with zero attached hydrogens (tertiary/aromatic N) is 1. The molecule has 0 aliphatic carbocycles. The highest BCUT2D eigenvalue weighted by atomic mass is 16.2. The quantitative estimate of drug-likeness (QED) is 0.580. The fourth-order valence-electron chi connectivity index (χ4n) is 1.12. The zero-order chi connectivity index (χ0) is 12.2. The average Bonchev–Trinajstić information content (AvgIpc) is 2.67. The third kappa shape index (κ3) is 3.47. The zero-order valence-corrected chi connectivity index (χ0v) is 9.36. The Morgan fingerprint density at radius 3 is 2.88 bits per heavy atom. The fourth-order valence-corrected chi connectivity index (χ4v) is 1.12. The van der Waals surface area contributed by atoms with Crippen molar-refractivity contribution in [1.82, 2.24) is 15.3 Å². The number of H-pyrrole nitrogens is 1. The summed E-state index contributed by atoms with van der Waals surface area (Å²) in [5.74, 6) is -0.357. The summed E-state index contributed by atoms with van der Waals surface area (Å²) < 4.78 is 0. The number of amides is 1. The molecule has 6 heteroatoms. The number of aldehydes is 1. The third-order valence-electron chi connectivity index (χ3n) is 2.06. The SMILES string of the molecule is CC(C)(N)C(=O)N[C@H](C=O)Cc1cnc[nH]1. The number of carbonyl (C=O) groups excluding carboxylic acids is 2. The van der Waals surface area contributed by atoms with Crippen molar-refractivity contribution in [2.24, 2.45) is 5.73 Å². The van der Waals surface area contributed by atoms with Gasteiger partial charge in [-0.3, -0.25) is 4.79 Å².